The minimum atomic E-state index is -1.28. The lowest BCUT2D eigenvalue weighted by atomic mass is 9.99. The van der Waals surface area contributed by atoms with Gasteiger partial charge in [0.15, 0.2) is 0 Å². The Morgan fingerprint density at radius 1 is 0.957 bits per heavy atom. The van der Waals surface area contributed by atoms with Gasteiger partial charge in [0.1, 0.15) is 6.73 Å². The highest BCUT2D eigenvalue weighted by atomic mass is 28.3. The number of guanidine groups is 1. The van der Waals surface area contributed by atoms with Crippen LogP contribution < -0.4 is 9.80 Å². The Morgan fingerprint density at radius 3 is 2.52 bits per heavy atom. The number of benzene rings is 1. The summed E-state index contributed by atoms with van der Waals surface area (Å²) in [5.41, 5.74) is 9.27. The molecule has 5 heterocycles. The third-order valence-corrected chi connectivity index (χ3v) is 10.5. The largest absolute Gasteiger partial charge is 0.361 e. The molecule has 4 aromatic rings. The van der Waals surface area contributed by atoms with E-state index in [2.05, 4.69) is 70.7 Å². The first-order valence-electron chi connectivity index (χ1n) is 16.3. The van der Waals surface area contributed by atoms with E-state index >= 15 is 0 Å². The van der Waals surface area contributed by atoms with Gasteiger partial charge in [-0.3, -0.25) is 24.3 Å². The summed E-state index contributed by atoms with van der Waals surface area (Å²) in [6.07, 6.45) is 6.69. The van der Waals surface area contributed by atoms with Gasteiger partial charge in [0.05, 0.1) is 23.3 Å². The van der Waals surface area contributed by atoms with Gasteiger partial charge in [-0.2, -0.15) is 10.1 Å². The van der Waals surface area contributed by atoms with E-state index in [9.17, 15) is 4.79 Å². The van der Waals surface area contributed by atoms with Crippen LogP contribution in [0.25, 0.3) is 22.4 Å². The van der Waals surface area contributed by atoms with Gasteiger partial charge in [-0.05, 0) is 81.0 Å². The number of carbonyl (C=O) groups excluding carboxylic acids is 1. The van der Waals surface area contributed by atoms with Crippen molar-refractivity contribution in [2.24, 2.45) is 18.0 Å². The van der Waals surface area contributed by atoms with Crippen molar-refractivity contribution in [2.75, 3.05) is 29.7 Å². The molecule has 0 saturated carbocycles. The van der Waals surface area contributed by atoms with Gasteiger partial charge in [-0.25, -0.2) is 0 Å². The number of aryl methyl sites for hydroxylation is 3. The average molecular weight is 636 g/mol. The van der Waals surface area contributed by atoms with Crippen LogP contribution in [0, 0.1) is 19.8 Å². The molecule has 0 fully saturated rings. The Labute approximate surface area is 273 Å². The molecule has 0 aliphatic carbocycles. The van der Waals surface area contributed by atoms with E-state index in [-0.39, 0.29) is 5.91 Å². The Hall–Kier alpha value is -4.15. The Kier molecular flexibility index (Phi) is 8.94. The van der Waals surface area contributed by atoms with Crippen LogP contribution in [0.4, 0.5) is 11.4 Å². The molecule has 0 N–H and O–H groups in total. The van der Waals surface area contributed by atoms with Crippen LogP contribution in [0.5, 0.6) is 0 Å². The fraction of sp³-hybridized carbons (Fsp3) is 0.417. The van der Waals surface area contributed by atoms with Gasteiger partial charge in [0, 0.05) is 68.2 Å². The zero-order valence-electron chi connectivity index (χ0n) is 28.2. The van der Waals surface area contributed by atoms with Crippen LogP contribution in [0.2, 0.25) is 25.7 Å². The van der Waals surface area contributed by atoms with E-state index in [1.165, 1.54) is 0 Å². The third kappa shape index (κ3) is 6.83. The molecule has 6 rings (SSSR count). The SMILES string of the molecule is Cc1ccc(-c2ccc3c(c2)N2C[C@H](C)CCCc4c(cnn4C)-c4cc(cc(C)n4)C(=O)/N=C/2N3COCC[Si](C)(C)C)cn1. The number of amides is 1. The van der Waals surface area contributed by atoms with Crippen molar-refractivity contribution in [3.63, 3.8) is 0 Å². The fourth-order valence-corrected chi connectivity index (χ4v) is 6.95. The van der Waals surface area contributed by atoms with Gasteiger partial charge in [-0.15, -0.1) is 0 Å². The van der Waals surface area contributed by atoms with Crippen LogP contribution in [-0.4, -0.2) is 59.6 Å². The van der Waals surface area contributed by atoms with Crippen molar-refractivity contribution in [2.45, 2.75) is 65.7 Å². The molecule has 1 aromatic carbocycles. The van der Waals surface area contributed by atoms with E-state index in [0.29, 0.717) is 30.8 Å². The molecular formula is C36H45N7O2Si. The number of nitrogens with zero attached hydrogens (tertiary/aromatic N) is 7. The maximum atomic E-state index is 14.1. The normalized spacial score (nSPS) is 18.0. The highest BCUT2D eigenvalue weighted by molar-refractivity contribution is 6.76. The summed E-state index contributed by atoms with van der Waals surface area (Å²) in [5.74, 6) is 0.641. The van der Waals surface area contributed by atoms with Gasteiger partial charge in [0.25, 0.3) is 5.91 Å². The Morgan fingerprint density at radius 2 is 1.76 bits per heavy atom. The molecule has 0 unspecified atom stereocenters. The number of pyridine rings is 2. The number of aromatic nitrogens is 4. The Bertz CT molecular complexity index is 1770. The lowest BCUT2D eigenvalue weighted by Crippen LogP contribution is -2.42. The van der Waals surface area contributed by atoms with E-state index < -0.39 is 8.07 Å². The number of aliphatic imine (C=N–C) groups is 1. The lowest BCUT2D eigenvalue weighted by molar-refractivity contribution is 0.100. The van der Waals surface area contributed by atoms with Crippen molar-refractivity contribution in [3.8, 4) is 22.4 Å². The molecule has 1 amide bonds. The van der Waals surface area contributed by atoms with Crippen molar-refractivity contribution in [1.29, 1.82) is 0 Å². The molecule has 9 nitrogen and oxygen atoms in total. The number of hydrogen-bond acceptors (Lipinski definition) is 7. The molecule has 2 bridgehead atoms. The minimum absolute atomic E-state index is 0.301. The van der Waals surface area contributed by atoms with E-state index in [4.69, 9.17) is 14.7 Å². The van der Waals surface area contributed by atoms with Crippen molar-refractivity contribution in [3.05, 3.63) is 77.5 Å². The molecule has 0 radical (unpaired) electrons. The first-order valence-corrected chi connectivity index (χ1v) is 20.0. The molecule has 2 aliphatic rings. The second-order valence-electron chi connectivity index (χ2n) is 14.0. The van der Waals surface area contributed by atoms with Crippen LogP contribution in [-0.2, 0) is 18.2 Å². The predicted molar refractivity (Wildman–Crippen MR) is 188 cm³/mol. The van der Waals surface area contributed by atoms with Crippen molar-refractivity contribution in [1.82, 2.24) is 19.7 Å². The smallest absolute Gasteiger partial charge is 0.280 e. The predicted octanol–water partition coefficient (Wildman–Crippen LogP) is 7.27. The Balaban J connectivity index is 1.45. The number of carbonyl (C=O) groups is 1. The first kappa shape index (κ1) is 31.8. The van der Waals surface area contributed by atoms with Gasteiger partial charge < -0.3 is 9.64 Å². The molecule has 1 atom stereocenters. The van der Waals surface area contributed by atoms with Crippen LogP contribution in [0.15, 0.2) is 59.9 Å². The zero-order valence-corrected chi connectivity index (χ0v) is 29.2. The standard InChI is InChI=1S/C36H45N7O2Si/c1-24-9-8-10-32-30(21-38-41(32)4)31-18-29(17-26(3)39-31)35(44)40-36-42(22-24)34-19-27(28-12-11-25(2)37-20-28)13-14-33(34)43(36)23-45-15-16-46(5,6)7/h11-14,17-21,24H,8-10,15-16,22-23H2,1-7H3/b40-36-/t24-/m1/s1. The molecular weight excluding hydrogens is 591 g/mol. The fourth-order valence-electron chi connectivity index (χ4n) is 6.19. The summed E-state index contributed by atoms with van der Waals surface area (Å²) in [6, 6.07) is 15.3. The van der Waals surface area contributed by atoms with Gasteiger partial charge >= 0.3 is 0 Å². The summed E-state index contributed by atoms with van der Waals surface area (Å²) in [4.78, 5) is 32.6. The third-order valence-electron chi connectivity index (χ3n) is 8.85. The maximum Gasteiger partial charge on any atom is 0.280 e. The highest BCUT2D eigenvalue weighted by Crippen LogP contribution is 2.41. The average Bonchev–Trinajstić information content (AvgIpc) is 3.51. The summed E-state index contributed by atoms with van der Waals surface area (Å²) in [6.45, 7) is 15.0. The van der Waals surface area contributed by atoms with E-state index in [1.807, 2.05) is 56.2 Å². The second-order valence-corrected chi connectivity index (χ2v) is 19.6. The van der Waals surface area contributed by atoms with E-state index in [1.54, 1.807) is 0 Å². The molecule has 240 valence electrons. The van der Waals surface area contributed by atoms with E-state index in [0.717, 1.165) is 82.7 Å². The molecule has 0 spiro atoms. The lowest BCUT2D eigenvalue weighted by Gasteiger charge is -2.26. The molecule has 0 saturated heterocycles. The molecule has 10 heteroatoms. The van der Waals surface area contributed by atoms with Gasteiger partial charge in [-0.1, -0.05) is 38.7 Å². The number of hydrogen-bond donors (Lipinski definition) is 0. The van der Waals surface area contributed by atoms with Crippen molar-refractivity contribution >= 4 is 31.3 Å². The number of fused-ring (bicyclic) bond motifs is 7. The monoisotopic (exact) mass is 635 g/mol. The van der Waals surface area contributed by atoms with Crippen molar-refractivity contribution < 1.29 is 9.53 Å². The number of ether oxygens (including phenoxy) is 1. The number of rotatable bonds is 6. The summed E-state index contributed by atoms with van der Waals surface area (Å²) < 4.78 is 8.25. The molecule has 3 aromatic heterocycles. The maximum absolute atomic E-state index is 14.1. The topological polar surface area (TPSA) is 88.7 Å². The summed E-state index contributed by atoms with van der Waals surface area (Å²) in [5, 5.41) is 4.55. The molecule has 2 aliphatic heterocycles. The second kappa shape index (κ2) is 12.9. The summed E-state index contributed by atoms with van der Waals surface area (Å²) in [7, 11) is 0.703. The molecule has 46 heavy (non-hydrogen) atoms. The summed E-state index contributed by atoms with van der Waals surface area (Å²) >= 11 is 0. The van der Waals surface area contributed by atoms with Gasteiger partial charge in [0.2, 0.25) is 5.96 Å². The van der Waals surface area contributed by atoms with Crippen LogP contribution in [0.1, 0.15) is 47.2 Å². The number of anilines is 2. The first-order chi connectivity index (χ1) is 22.0. The zero-order chi connectivity index (χ0) is 32.6. The van der Waals surface area contributed by atoms with Crippen LogP contribution >= 0.6 is 0 Å². The highest BCUT2D eigenvalue weighted by Gasteiger charge is 2.35. The quantitative estimate of drug-likeness (QED) is 0.163. The van der Waals surface area contributed by atoms with Crippen LogP contribution in [0.3, 0.4) is 0 Å². The minimum Gasteiger partial charge on any atom is -0.361 e.